The molecule has 2 rings (SSSR count). The predicted octanol–water partition coefficient (Wildman–Crippen LogP) is 1.93. The van der Waals surface area contributed by atoms with E-state index in [9.17, 15) is 5.11 Å². The highest BCUT2D eigenvalue weighted by molar-refractivity contribution is 9.10. The van der Waals surface area contributed by atoms with Crippen LogP contribution in [0.15, 0.2) is 29.1 Å². The van der Waals surface area contributed by atoms with E-state index in [2.05, 4.69) is 38.1 Å². The Morgan fingerprint density at radius 1 is 1.41 bits per heavy atom. The summed E-state index contributed by atoms with van der Waals surface area (Å²) in [4.78, 5) is 4.03. The molecule has 0 aromatic carbocycles. The van der Waals surface area contributed by atoms with Gasteiger partial charge in [0.1, 0.15) is 6.10 Å². The standard InChI is InChI=1S/C11H13BrN4O/c1-2-3-16-10(7-14-15-16)11(17)8-4-9(12)6-13-5-8/h4-7,11,17H,2-3H2,1H3. The number of aliphatic hydroxyl groups excluding tert-OH is 1. The molecule has 2 heterocycles. The van der Waals surface area contributed by atoms with Crippen molar-refractivity contribution in [1.29, 1.82) is 0 Å². The second-order valence-corrected chi connectivity index (χ2v) is 4.64. The van der Waals surface area contributed by atoms with Gasteiger partial charge >= 0.3 is 0 Å². The second kappa shape index (κ2) is 5.37. The molecule has 0 aliphatic rings. The molecule has 0 saturated carbocycles. The molecule has 2 aromatic rings. The van der Waals surface area contributed by atoms with Gasteiger partial charge in [-0.15, -0.1) is 5.10 Å². The third-order valence-corrected chi connectivity index (χ3v) is 2.84. The Hall–Kier alpha value is -1.27. The van der Waals surface area contributed by atoms with E-state index >= 15 is 0 Å². The molecule has 90 valence electrons. The van der Waals surface area contributed by atoms with Crippen LogP contribution in [0.25, 0.3) is 0 Å². The molecule has 2 aromatic heterocycles. The summed E-state index contributed by atoms with van der Waals surface area (Å²) in [7, 11) is 0. The van der Waals surface area contributed by atoms with Crippen LogP contribution in [0.3, 0.4) is 0 Å². The summed E-state index contributed by atoms with van der Waals surface area (Å²) in [5, 5.41) is 18.0. The maximum Gasteiger partial charge on any atom is 0.124 e. The molecule has 5 nitrogen and oxygen atoms in total. The molecule has 0 bridgehead atoms. The van der Waals surface area contributed by atoms with E-state index < -0.39 is 6.10 Å². The molecule has 0 amide bonds. The number of aryl methyl sites for hydroxylation is 1. The summed E-state index contributed by atoms with van der Waals surface area (Å²) in [6, 6.07) is 1.83. The van der Waals surface area contributed by atoms with Crippen LogP contribution in [-0.4, -0.2) is 25.1 Å². The van der Waals surface area contributed by atoms with Crippen molar-refractivity contribution in [1.82, 2.24) is 20.0 Å². The summed E-state index contributed by atoms with van der Waals surface area (Å²) in [5.41, 5.74) is 1.41. The molecule has 0 aliphatic carbocycles. The number of rotatable bonds is 4. The van der Waals surface area contributed by atoms with Gasteiger partial charge in [0.2, 0.25) is 0 Å². The van der Waals surface area contributed by atoms with Crippen molar-refractivity contribution in [3.63, 3.8) is 0 Å². The average molecular weight is 297 g/mol. The van der Waals surface area contributed by atoms with Crippen molar-refractivity contribution in [2.45, 2.75) is 26.0 Å². The topological polar surface area (TPSA) is 63.8 Å². The van der Waals surface area contributed by atoms with Crippen molar-refractivity contribution >= 4 is 15.9 Å². The van der Waals surface area contributed by atoms with Gasteiger partial charge in [-0.25, -0.2) is 4.68 Å². The third-order valence-electron chi connectivity index (χ3n) is 2.40. The van der Waals surface area contributed by atoms with E-state index in [1.807, 2.05) is 6.07 Å². The van der Waals surface area contributed by atoms with E-state index in [4.69, 9.17) is 0 Å². The van der Waals surface area contributed by atoms with Crippen LogP contribution in [-0.2, 0) is 6.54 Å². The Kier molecular flexibility index (Phi) is 3.86. The van der Waals surface area contributed by atoms with Crippen LogP contribution in [0, 0.1) is 0 Å². The first kappa shape index (κ1) is 12.2. The van der Waals surface area contributed by atoms with E-state index in [1.165, 1.54) is 0 Å². The van der Waals surface area contributed by atoms with Gasteiger partial charge in [0.15, 0.2) is 0 Å². The van der Waals surface area contributed by atoms with Gasteiger partial charge in [0.25, 0.3) is 0 Å². The summed E-state index contributed by atoms with van der Waals surface area (Å²) in [6.07, 6.45) is 5.10. The molecule has 0 spiro atoms. The van der Waals surface area contributed by atoms with Crippen molar-refractivity contribution in [3.8, 4) is 0 Å². The van der Waals surface area contributed by atoms with Gasteiger partial charge in [0.05, 0.1) is 11.9 Å². The lowest BCUT2D eigenvalue weighted by Crippen LogP contribution is -2.10. The maximum atomic E-state index is 10.3. The van der Waals surface area contributed by atoms with E-state index in [-0.39, 0.29) is 0 Å². The number of hydrogen-bond acceptors (Lipinski definition) is 4. The zero-order valence-corrected chi connectivity index (χ0v) is 11.0. The Bertz CT molecular complexity index is 500. The quantitative estimate of drug-likeness (QED) is 0.936. The van der Waals surface area contributed by atoms with E-state index in [1.54, 1.807) is 23.3 Å². The highest BCUT2D eigenvalue weighted by Gasteiger charge is 2.16. The molecule has 6 heteroatoms. The number of aromatic nitrogens is 4. The second-order valence-electron chi connectivity index (χ2n) is 3.72. The Labute approximate surface area is 108 Å². The summed E-state index contributed by atoms with van der Waals surface area (Å²) in [5.74, 6) is 0. The molecule has 0 saturated heterocycles. The minimum Gasteiger partial charge on any atom is -0.382 e. The molecule has 0 aliphatic heterocycles. The van der Waals surface area contributed by atoms with Crippen molar-refractivity contribution in [2.24, 2.45) is 0 Å². The minimum atomic E-state index is -0.749. The fourth-order valence-electron chi connectivity index (χ4n) is 1.61. The SMILES string of the molecule is CCCn1nncc1C(O)c1cncc(Br)c1. The minimum absolute atomic E-state index is 0.687. The highest BCUT2D eigenvalue weighted by atomic mass is 79.9. The number of pyridine rings is 1. The van der Waals surface area contributed by atoms with Crippen LogP contribution < -0.4 is 0 Å². The van der Waals surface area contributed by atoms with Gasteiger partial charge in [-0.3, -0.25) is 4.98 Å². The molecule has 1 atom stereocenters. The van der Waals surface area contributed by atoms with E-state index in [0.29, 0.717) is 5.69 Å². The summed E-state index contributed by atoms with van der Waals surface area (Å²) in [6.45, 7) is 2.80. The van der Waals surface area contributed by atoms with Gasteiger partial charge in [-0.05, 0) is 28.4 Å². The molecule has 1 unspecified atom stereocenters. The van der Waals surface area contributed by atoms with Crippen LogP contribution in [0.2, 0.25) is 0 Å². The first-order valence-corrected chi connectivity index (χ1v) is 6.18. The van der Waals surface area contributed by atoms with Crippen LogP contribution >= 0.6 is 15.9 Å². The zero-order chi connectivity index (χ0) is 12.3. The predicted molar refractivity (Wildman–Crippen MR) is 66.3 cm³/mol. The van der Waals surface area contributed by atoms with Crippen molar-refractivity contribution in [2.75, 3.05) is 0 Å². The average Bonchev–Trinajstić information content (AvgIpc) is 2.77. The van der Waals surface area contributed by atoms with Crippen molar-refractivity contribution in [3.05, 3.63) is 40.4 Å². The lowest BCUT2D eigenvalue weighted by atomic mass is 10.1. The van der Waals surface area contributed by atoms with E-state index in [0.717, 1.165) is 23.0 Å². The van der Waals surface area contributed by atoms with Gasteiger partial charge in [-0.2, -0.15) is 0 Å². The smallest absolute Gasteiger partial charge is 0.124 e. The van der Waals surface area contributed by atoms with Gasteiger partial charge < -0.3 is 5.11 Å². The summed E-state index contributed by atoms with van der Waals surface area (Å²) >= 11 is 3.33. The largest absolute Gasteiger partial charge is 0.382 e. The maximum absolute atomic E-state index is 10.3. The van der Waals surface area contributed by atoms with Gasteiger partial charge in [-0.1, -0.05) is 12.1 Å². The van der Waals surface area contributed by atoms with Crippen LogP contribution in [0.5, 0.6) is 0 Å². The molecule has 1 N–H and O–H groups in total. The summed E-state index contributed by atoms with van der Waals surface area (Å²) < 4.78 is 2.55. The highest BCUT2D eigenvalue weighted by Crippen LogP contribution is 2.22. The third kappa shape index (κ3) is 2.70. The first-order chi connectivity index (χ1) is 8.22. The molecule has 0 radical (unpaired) electrons. The molecule has 17 heavy (non-hydrogen) atoms. The number of hydrogen-bond donors (Lipinski definition) is 1. The molecular formula is C11H13BrN4O. The monoisotopic (exact) mass is 296 g/mol. The Morgan fingerprint density at radius 2 is 2.24 bits per heavy atom. The van der Waals surface area contributed by atoms with Crippen LogP contribution in [0.1, 0.15) is 30.7 Å². The number of nitrogens with zero attached hydrogens (tertiary/aromatic N) is 4. The number of aliphatic hydroxyl groups is 1. The Balaban J connectivity index is 2.30. The normalized spacial score (nSPS) is 12.6. The first-order valence-electron chi connectivity index (χ1n) is 5.39. The van der Waals surface area contributed by atoms with Gasteiger partial charge in [0, 0.05) is 29.0 Å². The van der Waals surface area contributed by atoms with Crippen molar-refractivity contribution < 1.29 is 5.11 Å². The zero-order valence-electron chi connectivity index (χ0n) is 9.41. The lowest BCUT2D eigenvalue weighted by Gasteiger charge is -2.12. The fraction of sp³-hybridized carbons (Fsp3) is 0.364. The molecular weight excluding hydrogens is 284 g/mol. The van der Waals surface area contributed by atoms with Crippen LogP contribution in [0.4, 0.5) is 0 Å². The number of halogens is 1. The molecule has 0 fully saturated rings. The lowest BCUT2D eigenvalue weighted by molar-refractivity contribution is 0.207. The Morgan fingerprint density at radius 3 is 2.94 bits per heavy atom. The fourth-order valence-corrected chi connectivity index (χ4v) is 1.99.